The van der Waals surface area contributed by atoms with E-state index in [1.165, 1.54) is 25.6 Å². The predicted octanol–water partition coefficient (Wildman–Crippen LogP) is -3.19. The first-order valence-corrected chi connectivity index (χ1v) is 13.9. The van der Waals surface area contributed by atoms with Gasteiger partial charge in [-0.2, -0.15) is 11.8 Å². The molecule has 0 radical (unpaired) electrons. The van der Waals surface area contributed by atoms with Crippen LogP contribution in [0, 0.1) is 11.3 Å². The van der Waals surface area contributed by atoms with Crippen LogP contribution in [0.2, 0.25) is 0 Å². The standard InChI is InChI=1S/C23H42N8O8S/c1-11(2)17(21(37)30-15(9-32)19(35)27-12(3)22(38)39)31-18(34)14(7-6-8-26-23(24)25)29-20(36)16(10-40-5)28-13(4)33/h11-12,14-17,32H,6-10H2,1-5H3,(H,27,35)(H,28,33)(H,29,36)(H,30,37)(H,31,34)(H,38,39)(H4,24,25,26)/t12-,14-,15-,16-,17-/m0/s1. The summed E-state index contributed by atoms with van der Waals surface area (Å²) >= 11 is 1.31. The van der Waals surface area contributed by atoms with Crippen LogP contribution in [0.25, 0.3) is 0 Å². The highest BCUT2D eigenvalue weighted by molar-refractivity contribution is 7.98. The highest BCUT2D eigenvalue weighted by Crippen LogP contribution is 2.07. The second-order valence-electron chi connectivity index (χ2n) is 9.29. The zero-order valence-corrected chi connectivity index (χ0v) is 24.1. The van der Waals surface area contributed by atoms with Gasteiger partial charge in [-0.25, -0.2) is 0 Å². The number of carbonyl (C=O) groups excluding carboxylic acids is 5. The van der Waals surface area contributed by atoms with Crippen LogP contribution in [-0.4, -0.2) is 107 Å². The first-order valence-electron chi connectivity index (χ1n) is 12.5. The fourth-order valence-corrected chi connectivity index (χ4v) is 3.85. The fourth-order valence-electron chi connectivity index (χ4n) is 3.29. The van der Waals surface area contributed by atoms with Crippen molar-refractivity contribution in [1.82, 2.24) is 31.9 Å². The zero-order valence-electron chi connectivity index (χ0n) is 23.3. The Morgan fingerprint density at radius 3 is 1.88 bits per heavy atom. The Morgan fingerprint density at radius 2 is 1.40 bits per heavy atom. The van der Waals surface area contributed by atoms with E-state index in [1.807, 2.05) is 0 Å². The van der Waals surface area contributed by atoms with Gasteiger partial charge in [-0.05, 0) is 31.9 Å². The molecule has 16 nitrogen and oxygen atoms in total. The Balaban J connectivity index is 5.70. The lowest BCUT2D eigenvalue weighted by atomic mass is 10.0. The number of hydrogen-bond donors (Lipinski definition) is 10. The Morgan fingerprint density at radius 1 is 0.850 bits per heavy atom. The highest BCUT2D eigenvalue weighted by atomic mass is 32.2. The second kappa shape index (κ2) is 18.6. The maximum absolute atomic E-state index is 13.3. The number of carboxylic acid groups (broad SMARTS) is 1. The molecule has 5 atom stereocenters. The molecular formula is C23H42N8O8S. The van der Waals surface area contributed by atoms with Crippen molar-refractivity contribution in [3.8, 4) is 0 Å². The molecule has 0 saturated heterocycles. The van der Waals surface area contributed by atoms with Crippen molar-refractivity contribution in [3.63, 3.8) is 0 Å². The van der Waals surface area contributed by atoms with Gasteiger partial charge in [0.2, 0.25) is 29.5 Å². The van der Waals surface area contributed by atoms with Crippen molar-refractivity contribution >= 4 is 53.2 Å². The van der Waals surface area contributed by atoms with Gasteiger partial charge in [-0.15, -0.1) is 0 Å². The molecule has 0 rings (SSSR count). The minimum absolute atomic E-state index is 0.0884. The number of aliphatic carboxylic acids is 1. The van der Waals surface area contributed by atoms with E-state index in [0.717, 1.165) is 0 Å². The van der Waals surface area contributed by atoms with Crippen molar-refractivity contribution in [2.24, 2.45) is 11.7 Å². The summed E-state index contributed by atoms with van der Waals surface area (Å²) in [7, 11) is 0. The molecule has 17 heteroatoms. The van der Waals surface area contributed by atoms with E-state index in [0.29, 0.717) is 6.42 Å². The van der Waals surface area contributed by atoms with Crippen molar-refractivity contribution in [2.75, 3.05) is 25.2 Å². The SMILES string of the molecule is CSC[C@H](NC(C)=O)C(=O)N[C@@H](CCCNC(=N)N)C(=O)N[C@H](C(=O)N[C@@H](CO)C(=O)N[C@@H](C)C(=O)O)C(C)C. The largest absolute Gasteiger partial charge is 0.480 e. The van der Waals surface area contributed by atoms with Crippen molar-refractivity contribution in [2.45, 2.75) is 70.7 Å². The number of nitrogens with one attached hydrogen (secondary N) is 7. The molecule has 0 heterocycles. The van der Waals surface area contributed by atoms with E-state index in [2.05, 4.69) is 31.9 Å². The van der Waals surface area contributed by atoms with E-state index < -0.39 is 78.2 Å². The molecule has 0 aromatic heterocycles. The molecule has 228 valence electrons. The number of aliphatic hydroxyl groups is 1. The third kappa shape index (κ3) is 14.0. The lowest BCUT2D eigenvalue weighted by molar-refractivity contribution is -0.142. The minimum Gasteiger partial charge on any atom is -0.480 e. The molecule has 5 amide bonds. The topological polar surface area (TPSA) is 265 Å². The summed E-state index contributed by atoms with van der Waals surface area (Å²) in [5, 5.41) is 40.5. The van der Waals surface area contributed by atoms with Gasteiger partial charge in [0.15, 0.2) is 5.96 Å². The van der Waals surface area contributed by atoms with Gasteiger partial charge in [-0.1, -0.05) is 13.8 Å². The molecule has 40 heavy (non-hydrogen) atoms. The van der Waals surface area contributed by atoms with Gasteiger partial charge in [0.05, 0.1) is 6.61 Å². The smallest absolute Gasteiger partial charge is 0.325 e. The van der Waals surface area contributed by atoms with E-state index in [-0.39, 0.29) is 24.7 Å². The fraction of sp³-hybridized carbons (Fsp3) is 0.696. The van der Waals surface area contributed by atoms with E-state index >= 15 is 0 Å². The lowest BCUT2D eigenvalue weighted by Crippen LogP contribution is -2.60. The van der Waals surface area contributed by atoms with Gasteiger partial charge < -0.3 is 47.8 Å². The van der Waals surface area contributed by atoms with E-state index in [4.69, 9.17) is 16.2 Å². The Kier molecular flexibility index (Phi) is 17.0. The van der Waals surface area contributed by atoms with E-state index in [1.54, 1.807) is 20.1 Å². The van der Waals surface area contributed by atoms with Crippen LogP contribution < -0.4 is 37.6 Å². The van der Waals surface area contributed by atoms with Crippen LogP contribution in [0.15, 0.2) is 0 Å². The molecule has 0 spiro atoms. The first kappa shape index (κ1) is 36.4. The summed E-state index contributed by atoms with van der Waals surface area (Å²) in [5.74, 6) is -5.35. The number of rotatable bonds is 18. The van der Waals surface area contributed by atoms with Crippen LogP contribution in [0.1, 0.15) is 40.5 Å². The molecule has 0 aliphatic heterocycles. The molecule has 0 saturated carbocycles. The zero-order chi connectivity index (χ0) is 31.0. The number of carboxylic acids is 1. The van der Waals surface area contributed by atoms with Crippen molar-refractivity contribution < 1.29 is 39.0 Å². The van der Waals surface area contributed by atoms with Crippen molar-refractivity contribution in [1.29, 1.82) is 5.41 Å². The van der Waals surface area contributed by atoms with Crippen molar-refractivity contribution in [3.05, 3.63) is 0 Å². The lowest BCUT2D eigenvalue weighted by Gasteiger charge is -2.28. The summed E-state index contributed by atoms with van der Waals surface area (Å²) in [6.07, 6.45) is 2.14. The number of thioether (sulfide) groups is 1. The molecular weight excluding hydrogens is 548 g/mol. The molecule has 0 aliphatic carbocycles. The molecule has 0 fully saturated rings. The monoisotopic (exact) mass is 590 g/mol. The highest BCUT2D eigenvalue weighted by Gasteiger charge is 2.32. The molecule has 11 N–H and O–H groups in total. The third-order valence-corrected chi connectivity index (χ3v) is 6.10. The molecule has 0 unspecified atom stereocenters. The van der Waals surface area contributed by atoms with E-state index in [9.17, 15) is 33.9 Å². The number of amides is 5. The number of guanidine groups is 1. The Bertz CT molecular complexity index is 919. The number of aliphatic hydroxyl groups excluding tert-OH is 1. The number of carbonyl (C=O) groups is 6. The summed E-state index contributed by atoms with van der Waals surface area (Å²) < 4.78 is 0. The second-order valence-corrected chi connectivity index (χ2v) is 10.2. The summed E-state index contributed by atoms with van der Waals surface area (Å²) in [6, 6.07) is -6.00. The average Bonchev–Trinajstić information content (AvgIpc) is 2.85. The molecule has 0 aromatic carbocycles. The average molecular weight is 591 g/mol. The summed E-state index contributed by atoms with van der Waals surface area (Å²) in [6.45, 7) is 5.12. The normalized spacial score (nSPS) is 14.5. The van der Waals surface area contributed by atoms with Crippen LogP contribution in [0.4, 0.5) is 0 Å². The minimum atomic E-state index is -1.48. The molecule has 0 aliphatic rings. The van der Waals surface area contributed by atoms with Gasteiger partial charge >= 0.3 is 5.97 Å². The van der Waals surface area contributed by atoms with Crippen LogP contribution in [0.5, 0.6) is 0 Å². The molecule has 0 bridgehead atoms. The van der Waals surface area contributed by atoms with Gasteiger partial charge in [0.1, 0.15) is 30.2 Å². The molecule has 0 aromatic rings. The number of nitrogens with two attached hydrogens (primary N) is 1. The van der Waals surface area contributed by atoms with Crippen LogP contribution >= 0.6 is 11.8 Å². The maximum Gasteiger partial charge on any atom is 0.325 e. The van der Waals surface area contributed by atoms with Crippen LogP contribution in [0.3, 0.4) is 0 Å². The van der Waals surface area contributed by atoms with Crippen LogP contribution in [-0.2, 0) is 28.8 Å². The first-order chi connectivity index (χ1) is 18.6. The van der Waals surface area contributed by atoms with Gasteiger partial charge in [0, 0.05) is 19.2 Å². The van der Waals surface area contributed by atoms with Gasteiger partial charge in [-0.3, -0.25) is 34.2 Å². The number of hydrogen-bond acceptors (Lipinski definition) is 9. The Labute approximate surface area is 237 Å². The quantitative estimate of drug-likeness (QED) is 0.0432. The third-order valence-electron chi connectivity index (χ3n) is 5.44. The Hall–Kier alpha value is -3.60. The maximum atomic E-state index is 13.3. The van der Waals surface area contributed by atoms with Gasteiger partial charge in [0.25, 0.3) is 0 Å². The predicted molar refractivity (Wildman–Crippen MR) is 148 cm³/mol. The summed E-state index contributed by atoms with van der Waals surface area (Å²) in [5.41, 5.74) is 5.28. The summed E-state index contributed by atoms with van der Waals surface area (Å²) in [4.78, 5) is 74.0.